The maximum absolute atomic E-state index is 12.7. The first-order valence-corrected chi connectivity index (χ1v) is 6.70. The highest BCUT2D eigenvalue weighted by molar-refractivity contribution is 5.48. The highest BCUT2D eigenvalue weighted by atomic mass is 19.1. The van der Waals surface area contributed by atoms with E-state index in [4.69, 9.17) is 0 Å². The van der Waals surface area contributed by atoms with Crippen molar-refractivity contribution in [1.82, 2.24) is 10.2 Å². The number of halogens is 1. The van der Waals surface area contributed by atoms with Crippen molar-refractivity contribution in [2.24, 2.45) is 0 Å². The molecule has 1 saturated heterocycles. The summed E-state index contributed by atoms with van der Waals surface area (Å²) in [4.78, 5) is 2.50. The predicted octanol–water partition coefficient (Wildman–Crippen LogP) is 2.52. The normalized spacial score (nSPS) is 18.1. The van der Waals surface area contributed by atoms with Crippen LogP contribution in [0.25, 0.3) is 6.08 Å². The minimum atomic E-state index is -0.177. The van der Waals surface area contributed by atoms with Gasteiger partial charge >= 0.3 is 0 Å². The smallest absolute Gasteiger partial charge is 0.123 e. The molecule has 1 aromatic carbocycles. The maximum Gasteiger partial charge on any atom is 0.123 e. The zero-order valence-electron chi connectivity index (χ0n) is 10.7. The maximum atomic E-state index is 12.7. The van der Waals surface area contributed by atoms with Crippen LogP contribution in [0.3, 0.4) is 0 Å². The Hall–Kier alpha value is -1.19. The van der Waals surface area contributed by atoms with Gasteiger partial charge in [0, 0.05) is 19.6 Å². The van der Waals surface area contributed by atoms with Crippen molar-refractivity contribution < 1.29 is 4.39 Å². The molecule has 0 aliphatic carbocycles. The van der Waals surface area contributed by atoms with Gasteiger partial charge in [-0.15, -0.1) is 0 Å². The van der Waals surface area contributed by atoms with Crippen LogP contribution in [0.2, 0.25) is 0 Å². The summed E-state index contributed by atoms with van der Waals surface area (Å²) in [5.41, 5.74) is 1.06. The molecular formula is C15H21FN2. The Kier molecular flexibility index (Phi) is 5.36. The molecule has 3 heteroatoms. The number of benzene rings is 1. The molecule has 0 unspecified atom stereocenters. The summed E-state index contributed by atoms with van der Waals surface area (Å²) < 4.78 is 12.7. The largest absolute Gasteiger partial charge is 0.315 e. The summed E-state index contributed by atoms with van der Waals surface area (Å²) >= 11 is 0. The van der Waals surface area contributed by atoms with Crippen molar-refractivity contribution in [1.29, 1.82) is 0 Å². The van der Waals surface area contributed by atoms with E-state index in [2.05, 4.69) is 22.4 Å². The van der Waals surface area contributed by atoms with E-state index in [0.29, 0.717) is 0 Å². The zero-order valence-corrected chi connectivity index (χ0v) is 10.7. The van der Waals surface area contributed by atoms with Crippen molar-refractivity contribution in [3.8, 4) is 0 Å². The molecule has 98 valence electrons. The van der Waals surface area contributed by atoms with Crippen LogP contribution < -0.4 is 5.32 Å². The van der Waals surface area contributed by atoms with Gasteiger partial charge in [0.25, 0.3) is 0 Å². The van der Waals surface area contributed by atoms with Gasteiger partial charge in [-0.3, -0.25) is 0 Å². The zero-order chi connectivity index (χ0) is 12.6. The average Bonchev–Trinajstić information content (AvgIpc) is 2.65. The summed E-state index contributed by atoms with van der Waals surface area (Å²) in [6.45, 7) is 5.69. The molecule has 1 fully saturated rings. The third kappa shape index (κ3) is 4.59. The molecule has 0 amide bonds. The number of nitrogens with one attached hydrogen (secondary N) is 1. The van der Waals surface area contributed by atoms with E-state index in [1.807, 2.05) is 12.1 Å². The van der Waals surface area contributed by atoms with Crippen LogP contribution >= 0.6 is 0 Å². The van der Waals surface area contributed by atoms with Crippen molar-refractivity contribution in [2.75, 3.05) is 32.7 Å². The van der Waals surface area contributed by atoms with Crippen LogP contribution in [-0.4, -0.2) is 37.6 Å². The van der Waals surface area contributed by atoms with Crippen LogP contribution in [0.1, 0.15) is 18.4 Å². The molecule has 0 bridgehead atoms. The lowest BCUT2D eigenvalue weighted by Crippen LogP contribution is -2.28. The van der Waals surface area contributed by atoms with E-state index in [1.165, 1.54) is 25.1 Å². The minimum absolute atomic E-state index is 0.177. The number of nitrogens with zero attached hydrogens (tertiary/aromatic N) is 1. The molecular weight excluding hydrogens is 227 g/mol. The number of hydrogen-bond donors (Lipinski definition) is 1. The Balaban J connectivity index is 1.72. The number of rotatable bonds is 4. The molecule has 1 aliphatic rings. The molecule has 2 nitrogen and oxygen atoms in total. The Labute approximate surface area is 108 Å². The Morgan fingerprint density at radius 2 is 2.00 bits per heavy atom. The summed E-state index contributed by atoms with van der Waals surface area (Å²) in [5.74, 6) is -0.177. The van der Waals surface area contributed by atoms with Gasteiger partial charge in [-0.1, -0.05) is 24.3 Å². The Morgan fingerprint density at radius 3 is 2.83 bits per heavy atom. The van der Waals surface area contributed by atoms with E-state index < -0.39 is 0 Å². The van der Waals surface area contributed by atoms with Gasteiger partial charge in [0.2, 0.25) is 0 Å². The first-order chi connectivity index (χ1) is 8.84. The van der Waals surface area contributed by atoms with E-state index >= 15 is 0 Å². The number of hydrogen-bond acceptors (Lipinski definition) is 2. The molecule has 0 atom stereocenters. The second-order valence-corrected chi connectivity index (χ2v) is 4.69. The van der Waals surface area contributed by atoms with Crippen molar-refractivity contribution in [3.05, 3.63) is 41.7 Å². The highest BCUT2D eigenvalue weighted by Crippen LogP contribution is 2.05. The molecule has 0 radical (unpaired) electrons. The van der Waals surface area contributed by atoms with E-state index in [0.717, 1.165) is 38.2 Å². The minimum Gasteiger partial charge on any atom is -0.315 e. The van der Waals surface area contributed by atoms with E-state index in [9.17, 15) is 4.39 Å². The lowest BCUT2D eigenvalue weighted by molar-refractivity contribution is 0.298. The van der Waals surface area contributed by atoms with Crippen molar-refractivity contribution in [2.45, 2.75) is 12.8 Å². The van der Waals surface area contributed by atoms with Gasteiger partial charge in [0.15, 0.2) is 0 Å². The molecule has 1 heterocycles. The molecule has 0 spiro atoms. The van der Waals surface area contributed by atoms with Gasteiger partial charge in [-0.2, -0.15) is 0 Å². The molecule has 2 rings (SSSR count). The average molecular weight is 248 g/mol. The lowest BCUT2D eigenvalue weighted by atomic mass is 10.2. The molecule has 1 aliphatic heterocycles. The molecule has 0 aromatic heterocycles. The molecule has 1 N–H and O–H groups in total. The van der Waals surface area contributed by atoms with Gasteiger partial charge in [0.1, 0.15) is 5.82 Å². The first kappa shape index (κ1) is 13.2. The topological polar surface area (TPSA) is 15.3 Å². The van der Waals surface area contributed by atoms with Crippen molar-refractivity contribution >= 4 is 6.08 Å². The Bertz CT molecular complexity index is 365. The van der Waals surface area contributed by atoms with Crippen LogP contribution in [0.5, 0.6) is 0 Å². The molecule has 0 saturated carbocycles. The summed E-state index contributed by atoms with van der Waals surface area (Å²) in [7, 11) is 0. The lowest BCUT2D eigenvalue weighted by Gasteiger charge is -2.17. The van der Waals surface area contributed by atoms with Crippen LogP contribution in [0.15, 0.2) is 30.3 Å². The first-order valence-electron chi connectivity index (χ1n) is 6.70. The fourth-order valence-electron chi connectivity index (χ4n) is 2.18. The van der Waals surface area contributed by atoms with Gasteiger partial charge in [-0.25, -0.2) is 4.39 Å². The predicted molar refractivity (Wildman–Crippen MR) is 74.0 cm³/mol. The van der Waals surface area contributed by atoms with Gasteiger partial charge in [0.05, 0.1) is 0 Å². The van der Waals surface area contributed by atoms with Gasteiger partial charge in [-0.05, 0) is 43.6 Å². The third-order valence-corrected chi connectivity index (χ3v) is 3.23. The summed E-state index contributed by atoms with van der Waals surface area (Å²) in [6, 6.07) is 6.61. The Morgan fingerprint density at radius 1 is 1.17 bits per heavy atom. The van der Waals surface area contributed by atoms with Crippen LogP contribution in [0, 0.1) is 5.82 Å². The van der Waals surface area contributed by atoms with E-state index in [1.54, 1.807) is 0 Å². The van der Waals surface area contributed by atoms with Crippen LogP contribution in [-0.2, 0) is 0 Å². The van der Waals surface area contributed by atoms with Gasteiger partial charge < -0.3 is 10.2 Å². The summed E-state index contributed by atoms with van der Waals surface area (Å²) in [6.07, 6.45) is 6.53. The molecule has 18 heavy (non-hydrogen) atoms. The standard InChI is InChI=1S/C15H21FN2/c16-15-7-5-14(6-8-15)4-1-2-11-18-12-3-9-17-10-13-18/h1,4-8,17H,2-3,9-13H2/b4-1+. The SMILES string of the molecule is Fc1ccc(/C=C/CCN2CCCNCC2)cc1. The monoisotopic (exact) mass is 248 g/mol. The highest BCUT2D eigenvalue weighted by Gasteiger charge is 2.06. The van der Waals surface area contributed by atoms with E-state index in [-0.39, 0.29) is 5.82 Å². The van der Waals surface area contributed by atoms with Crippen LogP contribution in [0.4, 0.5) is 4.39 Å². The quantitative estimate of drug-likeness (QED) is 0.881. The molecule has 1 aromatic rings. The van der Waals surface area contributed by atoms with Crippen molar-refractivity contribution in [3.63, 3.8) is 0 Å². The fourth-order valence-corrected chi connectivity index (χ4v) is 2.18. The second-order valence-electron chi connectivity index (χ2n) is 4.69. The third-order valence-electron chi connectivity index (χ3n) is 3.23. The fraction of sp³-hybridized carbons (Fsp3) is 0.467. The second kappa shape index (κ2) is 7.29. The summed E-state index contributed by atoms with van der Waals surface area (Å²) in [5, 5.41) is 3.40.